The normalized spacial score (nSPS) is 12.0. The summed E-state index contributed by atoms with van der Waals surface area (Å²) in [5.74, 6) is 0. The highest BCUT2D eigenvalue weighted by atomic mass is 16.5. The zero-order valence-electron chi connectivity index (χ0n) is 13.4. The van der Waals surface area contributed by atoms with E-state index in [0.29, 0.717) is 0 Å². The second-order valence-electron chi connectivity index (χ2n) is 6.50. The van der Waals surface area contributed by atoms with Crippen molar-refractivity contribution < 1.29 is 4.52 Å². The molecular formula is C23H13NO. The van der Waals surface area contributed by atoms with E-state index in [1.165, 1.54) is 32.3 Å². The molecule has 0 aliphatic heterocycles. The highest BCUT2D eigenvalue weighted by molar-refractivity contribution is 6.29. The van der Waals surface area contributed by atoms with E-state index in [1.807, 2.05) is 18.2 Å². The number of nitrogens with zero attached hydrogens (tertiary/aromatic N) is 1. The zero-order chi connectivity index (χ0) is 16.4. The molecule has 1 heterocycles. The van der Waals surface area contributed by atoms with Crippen molar-refractivity contribution in [3.05, 3.63) is 78.9 Å². The minimum Gasteiger partial charge on any atom is -0.356 e. The first kappa shape index (κ1) is 13.0. The van der Waals surface area contributed by atoms with E-state index in [4.69, 9.17) is 4.52 Å². The summed E-state index contributed by atoms with van der Waals surface area (Å²) in [7, 11) is 0. The topological polar surface area (TPSA) is 26.0 Å². The Morgan fingerprint density at radius 2 is 1.36 bits per heavy atom. The highest BCUT2D eigenvalue weighted by Crippen LogP contribution is 2.41. The van der Waals surface area contributed by atoms with Crippen molar-refractivity contribution in [1.29, 1.82) is 0 Å². The van der Waals surface area contributed by atoms with Crippen LogP contribution in [-0.4, -0.2) is 5.16 Å². The molecule has 1 aromatic heterocycles. The zero-order valence-corrected chi connectivity index (χ0v) is 13.4. The second kappa shape index (κ2) is 4.58. The van der Waals surface area contributed by atoms with Crippen LogP contribution in [0.1, 0.15) is 0 Å². The van der Waals surface area contributed by atoms with Crippen molar-refractivity contribution in [3.63, 3.8) is 0 Å². The lowest BCUT2D eigenvalue weighted by molar-refractivity contribution is 0.460. The smallest absolute Gasteiger partial charge is 0.168 e. The molecule has 2 nitrogen and oxygen atoms in total. The summed E-state index contributed by atoms with van der Waals surface area (Å²) in [6.45, 7) is 0. The molecule has 0 unspecified atom stereocenters. The molecule has 6 rings (SSSR count). The number of benzene rings is 5. The van der Waals surface area contributed by atoms with E-state index >= 15 is 0 Å². The summed E-state index contributed by atoms with van der Waals surface area (Å²) in [5.41, 5.74) is 2.83. The first-order valence-corrected chi connectivity index (χ1v) is 8.41. The van der Waals surface area contributed by atoms with Crippen molar-refractivity contribution in [2.45, 2.75) is 0 Å². The van der Waals surface area contributed by atoms with Crippen LogP contribution < -0.4 is 0 Å². The lowest BCUT2D eigenvalue weighted by atomic mass is 9.91. The van der Waals surface area contributed by atoms with Gasteiger partial charge in [-0.15, -0.1) is 0 Å². The van der Waals surface area contributed by atoms with Crippen molar-refractivity contribution in [1.82, 2.24) is 5.16 Å². The number of rotatable bonds is 1. The van der Waals surface area contributed by atoms with Gasteiger partial charge >= 0.3 is 0 Å². The van der Waals surface area contributed by atoms with Gasteiger partial charge in [-0.3, -0.25) is 0 Å². The predicted octanol–water partition coefficient (Wildman–Crippen LogP) is 6.39. The fourth-order valence-electron chi connectivity index (χ4n) is 4.03. The van der Waals surface area contributed by atoms with Crippen molar-refractivity contribution >= 4 is 43.3 Å². The monoisotopic (exact) mass is 319 g/mol. The minimum absolute atomic E-state index is 0.838. The molecule has 0 aliphatic carbocycles. The molecule has 0 amide bonds. The standard InChI is InChI=1S/C23H13NO/c1-2-5-16(6-3-1)23-22-18-12-11-15-8-4-7-14-9-10-17(21(18)20(14)15)13-19(22)25-24-23/h1-13H. The Morgan fingerprint density at radius 3 is 2.20 bits per heavy atom. The Balaban J connectivity index is 1.88. The van der Waals surface area contributed by atoms with Gasteiger partial charge in [0.2, 0.25) is 0 Å². The molecule has 0 aliphatic rings. The summed E-state index contributed by atoms with van der Waals surface area (Å²) in [6, 6.07) is 27.6. The maximum absolute atomic E-state index is 5.70. The molecule has 0 atom stereocenters. The third-order valence-electron chi connectivity index (χ3n) is 5.13. The third-order valence-corrected chi connectivity index (χ3v) is 5.13. The molecule has 0 saturated carbocycles. The predicted molar refractivity (Wildman–Crippen MR) is 103 cm³/mol. The summed E-state index contributed by atoms with van der Waals surface area (Å²) in [6.07, 6.45) is 0. The van der Waals surface area contributed by atoms with Gasteiger partial charge in [0.05, 0.1) is 5.39 Å². The van der Waals surface area contributed by atoms with E-state index in [9.17, 15) is 0 Å². The van der Waals surface area contributed by atoms with Crippen LogP contribution in [0.25, 0.3) is 54.5 Å². The molecule has 0 bridgehead atoms. The minimum atomic E-state index is 0.838. The maximum atomic E-state index is 5.70. The van der Waals surface area contributed by atoms with Crippen LogP contribution in [0, 0.1) is 0 Å². The Hall–Kier alpha value is -3.39. The van der Waals surface area contributed by atoms with Crippen molar-refractivity contribution in [2.75, 3.05) is 0 Å². The lowest BCUT2D eigenvalue weighted by Crippen LogP contribution is -1.85. The van der Waals surface area contributed by atoms with E-state index in [1.54, 1.807) is 0 Å². The number of aromatic nitrogens is 1. The number of hydrogen-bond acceptors (Lipinski definition) is 2. The first-order valence-electron chi connectivity index (χ1n) is 8.41. The van der Waals surface area contributed by atoms with Crippen LogP contribution in [0.15, 0.2) is 83.4 Å². The van der Waals surface area contributed by atoms with Crippen LogP contribution in [0.3, 0.4) is 0 Å². The quantitative estimate of drug-likeness (QED) is 0.328. The molecule has 0 spiro atoms. The van der Waals surface area contributed by atoms with Gasteiger partial charge in [-0.05, 0) is 38.4 Å². The summed E-state index contributed by atoms with van der Waals surface area (Å²) < 4.78 is 5.70. The van der Waals surface area contributed by atoms with Gasteiger partial charge in [-0.1, -0.05) is 78.0 Å². The first-order chi connectivity index (χ1) is 12.4. The molecule has 116 valence electrons. The average Bonchev–Trinajstić information content (AvgIpc) is 3.10. The van der Waals surface area contributed by atoms with E-state index in [0.717, 1.165) is 22.2 Å². The number of hydrogen-bond donors (Lipinski definition) is 0. The second-order valence-corrected chi connectivity index (χ2v) is 6.50. The molecule has 25 heavy (non-hydrogen) atoms. The van der Waals surface area contributed by atoms with Crippen LogP contribution in [0.4, 0.5) is 0 Å². The SMILES string of the molecule is c1ccc(-c2noc3cc4ccc5cccc6ccc(c23)c4c56)cc1. The lowest BCUT2D eigenvalue weighted by Gasteiger charge is -2.11. The Morgan fingerprint density at radius 1 is 0.600 bits per heavy atom. The molecule has 2 heteroatoms. The van der Waals surface area contributed by atoms with Gasteiger partial charge in [0.1, 0.15) is 5.69 Å². The van der Waals surface area contributed by atoms with Gasteiger partial charge < -0.3 is 4.52 Å². The molecule has 0 fully saturated rings. The maximum Gasteiger partial charge on any atom is 0.168 e. The van der Waals surface area contributed by atoms with E-state index < -0.39 is 0 Å². The van der Waals surface area contributed by atoms with Gasteiger partial charge in [-0.25, -0.2) is 0 Å². The summed E-state index contributed by atoms with van der Waals surface area (Å²) >= 11 is 0. The van der Waals surface area contributed by atoms with Crippen molar-refractivity contribution in [3.8, 4) is 11.3 Å². The van der Waals surface area contributed by atoms with Crippen molar-refractivity contribution in [2.24, 2.45) is 0 Å². The molecule has 0 saturated heterocycles. The van der Waals surface area contributed by atoms with Crippen LogP contribution >= 0.6 is 0 Å². The molecular weight excluding hydrogens is 306 g/mol. The summed E-state index contributed by atoms with van der Waals surface area (Å²) in [5, 5.41) is 13.0. The summed E-state index contributed by atoms with van der Waals surface area (Å²) in [4.78, 5) is 0. The third kappa shape index (κ3) is 1.66. The van der Waals surface area contributed by atoms with Gasteiger partial charge in [0.15, 0.2) is 5.58 Å². The van der Waals surface area contributed by atoms with Gasteiger partial charge in [0, 0.05) is 5.56 Å². The fourth-order valence-corrected chi connectivity index (χ4v) is 4.03. The number of fused-ring (bicyclic) bond motifs is 2. The Bertz CT molecular complexity index is 1360. The van der Waals surface area contributed by atoms with Crippen LogP contribution in [-0.2, 0) is 0 Å². The molecule has 5 aromatic carbocycles. The molecule has 0 N–H and O–H groups in total. The van der Waals surface area contributed by atoms with Crippen LogP contribution in [0.5, 0.6) is 0 Å². The van der Waals surface area contributed by atoms with E-state index in [-0.39, 0.29) is 0 Å². The Labute approximate surface area is 143 Å². The van der Waals surface area contributed by atoms with Gasteiger partial charge in [0.25, 0.3) is 0 Å². The highest BCUT2D eigenvalue weighted by Gasteiger charge is 2.17. The fraction of sp³-hybridized carbons (Fsp3) is 0. The van der Waals surface area contributed by atoms with E-state index in [2.05, 4.69) is 65.8 Å². The average molecular weight is 319 g/mol. The molecule has 6 aromatic rings. The molecule has 0 radical (unpaired) electrons. The van der Waals surface area contributed by atoms with Gasteiger partial charge in [-0.2, -0.15) is 0 Å². The van der Waals surface area contributed by atoms with Crippen LogP contribution in [0.2, 0.25) is 0 Å². The largest absolute Gasteiger partial charge is 0.356 e. The Kier molecular flexibility index (Phi) is 2.37.